The van der Waals surface area contributed by atoms with Crippen LogP contribution in [0.1, 0.15) is 22.9 Å². The molecule has 8 heteroatoms. The highest BCUT2D eigenvalue weighted by Crippen LogP contribution is 2.34. The third-order valence-electron chi connectivity index (χ3n) is 5.78. The highest BCUT2D eigenvalue weighted by atomic mass is 79.9. The molecule has 0 unspecified atom stereocenters. The van der Waals surface area contributed by atoms with Crippen molar-refractivity contribution in [3.05, 3.63) is 63.8 Å². The van der Waals surface area contributed by atoms with Gasteiger partial charge in [-0.3, -0.25) is 0 Å². The maximum atomic E-state index is 6.10. The van der Waals surface area contributed by atoms with Crippen LogP contribution >= 0.6 is 15.9 Å². The summed E-state index contributed by atoms with van der Waals surface area (Å²) in [6.45, 7) is 6.75. The molecular weight excluding hydrogens is 480 g/mol. The van der Waals surface area contributed by atoms with E-state index in [9.17, 15) is 0 Å². The first kappa shape index (κ1) is 21.9. The van der Waals surface area contributed by atoms with E-state index in [1.807, 2.05) is 27.9 Å². The molecule has 2 aromatic carbocycles. The highest BCUT2D eigenvalue weighted by molar-refractivity contribution is 9.10. The molecule has 1 N–H and O–H groups in total. The van der Waals surface area contributed by atoms with Crippen molar-refractivity contribution in [2.24, 2.45) is 0 Å². The Balaban J connectivity index is 1.50. The second kappa shape index (κ2) is 8.76. The second-order valence-corrected chi connectivity index (χ2v) is 9.54. The first-order valence-corrected chi connectivity index (χ1v) is 11.8. The minimum Gasteiger partial charge on any atom is -0.491 e. The normalized spacial score (nSPS) is 13.8. The molecule has 0 spiro atoms. The molecule has 0 amide bonds. The smallest absolute Gasteiger partial charge is 0.147 e. The zero-order chi connectivity index (χ0) is 23.1. The molecule has 0 aliphatic carbocycles. The lowest BCUT2D eigenvalue weighted by Crippen LogP contribution is -2.28. The number of hydrogen-bond donors (Lipinski definition) is 1. The summed E-state index contributed by atoms with van der Waals surface area (Å²) < 4.78 is 7.04. The van der Waals surface area contributed by atoms with Crippen molar-refractivity contribution in [2.75, 3.05) is 32.1 Å². The minimum atomic E-state index is 0.601. The number of nitrogens with zero attached hydrogens (tertiary/aromatic N) is 5. The van der Waals surface area contributed by atoms with E-state index < -0.39 is 0 Å². The molecule has 7 nitrogen and oxygen atoms in total. The van der Waals surface area contributed by atoms with E-state index in [4.69, 9.17) is 9.72 Å². The van der Waals surface area contributed by atoms with Crippen LogP contribution in [0.3, 0.4) is 0 Å². The molecule has 5 rings (SSSR count). The topological polar surface area (TPSA) is 70.2 Å². The van der Waals surface area contributed by atoms with Gasteiger partial charge in [-0.1, -0.05) is 12.1 Å². The molecule has 170 valence electrons. The summed E-state index contributed by atoms with van der Waals surface area (Å²) in [6.07, 6.45) is 0. The number of hydrogen-bond acceptors (Lipinski definition) is 6. The molecule has 0 saturated carbocycles. The van der Waals surface area contributed by atoms with Gasteiger partial charge in [-0.15, -0.1) is 0 Å². The van der Waals surface area contributed by atoms with Gasteiger partial charge >= 0.3 is 0 Å². The van der Waals surface area contributed by atoms with Crippen molar-refractivity contribution in [3.63, 3.8) is 0 Å². The predicted molar refractivity (Wildman–Crippen MR) is 135 cm³/mol. The standard InChI is InChI=1S/C25H27BrN6O/c1-15-24(26)25(30-23(27-15)14-31(3)4)32-9-10-33-22-8-6-17(11-19(22)13-32)18-5-7-20-21(12-18)29-16(2)28-20/h5-8,11-12H,9-10,13-14H2,1-4H3,(H,28,29). The Hall–Kier alpha value is -2.97. The molecule has 0 fully saturated rings. The van der Waals surface area contributed by atoms with Crippen LogP contribution in [0.15, 0.2) is 40.9 Å². The summed E-state index contributed by atoms with van der Waals surface area (Å²) in [5.74, 6) is 3.58. The van der Waals surface area contributed by atoms with Gasteiger partial charge in [0.1, 0.15) is 29.8 Å². The van der Waals surface area contributed by atoms with Crippen LogP contribution in [0.2, 0.25) is 0 Å². The van der Waals surface area contributed by atoms with Gasteiger partial charge in [0.05, 0.1) is 34.3 Å². The second-order valence-electron chi connectivity index (χ2n) is 8.75. The lowest BCUT2D eigenvalue weighted by atomic mass is 10.0. The number of H-pyrrole nitrogens is 1. The number of aromatic nitrogens is 4. The molecule has 3 heterocycles. The van der Waals surface area contributed by atoms with Crippen molar-refractivity contribution in [1.29, 1.82) is 0 Å². The average molecular weight is 507 g/mol. The van der Waals surface area contributed by atoms with E-state index in [1.165, 1.54) is 0 Å². The van der Waals surface area contributed by atoms with E-state index in [1.54, 1.807) is 0 Å². The van der Waals surface area contributed by atoms with Crippen molar-refractivity contribution in [3.8, 4) is 16.9 Å². The Kier molecular flexibility index (Phi) is 5.80. The van der Waals surface area contributed by atoms with Gasteiger partial charge in [0.2, 0.25) is 0 Å². The number of fused-ring (bicyclic) bond motifs is 2. The van der Waals surface area contributed by atoms with E-state index in [2.05, 4.69) is 77.1 Å². The summed E-state index contributed by atoms with van der Waals surface area (Å²) in [7, 11) is 4.05. The summed E-state index contributed by atoms with van der Waals surface area (Å²) in [4.78, 5) is 21.8. The number of aryl methyl sites for hydroxylation is 2. The van der Waals surface area contributed by atoms with Crippen LogP contribution in [0.5, 0.6) is 5.75 Å². The average Bonchev–Trinajstić information content (AvgIpc) is 3.01. The Morgan fingerprint density at radius 3 is 2.67 bits per heavy atom. The first-order chi connectivity index (χ1) is 15.9. The Labute approximate surface area is 202 Å². The maximum Gasteiger partial charge on any atom is 0.147 e. The monoisotopic (exact) mass is 506 g/mol. The van der Waals surface area contributed by atoms with Crippen molar-refractivity contribution in [1.82, 2.24) is 24.8 Å². The van der Waals surface area contributed by atoms with Crippen LogP contribution in [-0.2, 0) is 13.1 Å². The number of rotatable bonds is 4. The van der Waals surface area contributed by atoms with E-state index in [0.29, 0.717) is 19.7 Å². The van der Waals surface area contributed by atoms with Gasteiger partial charge in [-0.25, -0.2) is 15.0 Å². The highest BCUT2D eigenvalue weighted by Gasteiger charge is 2.21. The fourth-order valence-corrected chi connectivity index (χ4v) is 4.66. The van der Waals surface area contributed by atoms with Gasteiger partial charge in [0.25, 0.3) is 0 Å². The number of ether oxygens (including phenoxy) is 1. The Morgan fingerprint density at radius 2 is 1.85 bits per heavy atom. The molecule has 4 aromatic rings. The lowest BCUT2D eigenvalue weighted by molar-refractivity contribution is 0.331. The van der Waals surface area contributed by atoms with Gasteiger partial charge in [0.15, 0.2) is 0 Å². The first-order valence-electron chi connectivity index (χ1n) is 11.0. The summed E-state index contributed by atoms with van der Waals surface area (Å²) in [5, 5.41) is 0. The molecule has 0 bridgehead atoms. The molecule has 0 atom stereocenters. The van der Waals surface area contributed by atoms with Gasteiger partial charge in [-0.05, 0) is 79.3 Å². The molecule has 0 radical (unpaired) electrons. The van der Waals surface area contributed by atoms with Crippen molar-refractivity contribution >= 4 is 32.8 Å². The summed E-state index contributed by atoms with van der Waals surface area (Å²) in [5.41, 5.74) is 6.40. The van der Waals surface area contributed by atoms with E-state index in [0.717, 1.165) is 67.7 Å². The molecule has 0 saturated heterocycles. The van der Waals surface area contributed by atoms with Crippen LogP contribution in [0, 0.1) is 13.8 Å². The van der Waals surface area contributed by atoms with Crippen molar-refractivity contribution in [2.45, 2.75) is 26.9 Å². The lowest BCUT2D eigenvalue weighted by Gasteiger charge is -2.24. The molecule has 33 heavy (non-hydrogen) atoms. The third-order valence-corrected chi connectivity index (χ3v) is 6.71. The maximum absolute atomic E-state index is 6.10. The number of aromatic amines is 1. The molecule has 1 aliphatic rings. The Morgan fingerprint density at radius 1 is 1.06 bits per heavy atom. The van der Waals surface area contributed by atoms with Crippen LogP contribution in [0.25, 0.3) is 22.2 Å². The van der Waals surface area contributed by atoms with Crippen LogP contribution in [-0.4, -0.2) is 52.1 Å². The fourth-order valence-electron chi connectivity index (χ4n) is 4.23. The van der Waals surface area contributed by atoms with Gasteiger partial charge < -0.3 is 19.5 Å². The fraction of sp³-hybridized carbons (Fsp3) is 0.320. The zero-order valence-electron chi connectivity index (χ0n) is 19.3. The molecule has 2 aromatic heterocycles. The van der Waals surface area contributed by atoms with Crippen LogP contribution < -0.4 is 9.64 Å². The minimum absolute atomic E-state index is 0.601. The SMILES string of the molecule is Cc1nc2cc(-c3ccc4c(c3)CN(c3nc(CN(C)C)nc(C)c3Br)CCO4)ccc2[nH]1. The molecule has 1 aliphatic heterocycles. The van der Waals surface area contributed by atoms with Gasteiger partial charge in [-0.2, -0.15) is 0 Å². The third kappa shape index (κ3) is 4.45. The van der Waals surface area contributed by atoms with Crippen LogP contribution in [0.4, 0.5) is 5.82 Å². The number of benzene rings is 2. The summed E-state index contributed by atoms with van der Waals surface area (Å²) >= 11 is 3.73. The van der Waals surface area contributed by atoms with E-state index >= 15 is 0 Å². The van der Waals surface area contributed by atoms with Crippen molar-refractivity contribution < 1.29 is 4.74 Å². The number of nitrogens with one attached hydrogen (secondary N) is 1. The molecular formula is C25H27BrN6O. The zero-order valence-corrected chi connectivity index (χ0v) is 20.9. The largest absolute Gasteiger partial charge is 0.491 e. The number of anilines is 1. The summed E-state index contributed by atoms with van der Waals surface area (Å²) in [6, 6.07) is 12.8. The number of halogens is 1. The predicted octanol–water partition coefficient (Wildman–Crippen LogP) is 4.86. The number of imidazole rings is 1. The quantitative estimate of drug-likeness (QED) is 0.426. The van der Waals surface area contributed by atoms with E-state index in [-0.39, 0.29) is 0 Å². The Bertz CT molecular complexity index is 1330. The van der Waals surface area contributed by atoms with Gasteiger partial charge in [0, 0.05) is 12.1 Å².